The van der Waals surface area contributed by atoms with Crippen LogP contribution in [-0.2, 0) is 4.74 Å². The SMILES string of the molecule is CNC1CCN(CCOC2CCCCC2)C(C)C1. The second-order valence-electron chi connectivity index (χ2n) is 6.03. The molecule has 18 heavy (non-hydrogen) atoms. The lowest BCUT2D eigenvalue weighted by Gasteiger charge is -2.37. The lowest BCUT2D eigenvalue weighted by Crippen LogP contribution is -2.47. The molecule has 2 unspecified atom stereocenters. The van der Waals surface area contributed by atoms with Gasteiger partial charge in [-0.25, -0.2) is 0 Å². The molecule has 2 fully saturated rings. The van der Waals surface area contributed by atoms with Crippen molar-refractivity contribution in [2.45, 2.75) is 70.1 Å². The first-order chi connectivity index (χ1) is 8.79. The van der Waals surface area contributed by atoms with Crippen LogP contribution in [0.4, 0.5) is 0 Å². The van der Waals surface area contributed by atoms with Crippen LogP contribution in [0.5, 0.6) is 0 Å². The van der Waals surface area contributed by atoms with E-state index in [1.165, 1.54) is 51.5 Å². The van der Waals surface area contributed by atoms with Crippen molar-refractivity contribution in [3.63, 3.8) is 0 Å². The molecule has 2 rings (SSSR count). The Morgan fingerprint density at radius 2 is 1.94 bits per heavy atom. The molecule has 3 heteroatoms. The molecule has 1 aliphatic heterocycles. The predicted octanol–water partition coefficient (Wildman–Crippen LogP) is 2.41. The molecule has 1 N–H and O–H groups in total. The maximum atomic E-state index is 6.03. The van der Waals surface area contributed by atoms with Gasteiger partial charge in [-0.05, 0) is 46.2 Å². The summed E-state index contributed by atoms with van der Waals surface area (Å²) in [6.07, 6.45) is 9.85. The fraction of sp³-hybridized carbons (Fsp3) is 1.00. The minimum atomic E-state index is 0.559. The van der Waals surface area contributed by atoms with Crippen LogP contribution < -0.4 is 5.32 Å². The molecule has 0 aromatic heterocycles. The number of nitrogens with one attached hydrogen (secondary N) is 1. The van der Waals surface area contributed by atoms with Crippen molar-refractivity contribution in [3.05, 3.63) is 0 Å². The number of piperidine rings is 1. The maximum Gasteiger partial charge on any atom is 0.0597 e. The average Bonchev–Trinajstić information content (AvgIpc) is 2.42. The topological polar surface area (TPSA) is 24.5 Å². The molecule has 1 heterocycles. The van der Waals surface area contributed by atoms with Gasteiger partial charge in [0.1, 0.15) is 0 Å². The lowest BCUT2D eigenvalue weighted by atomic mass is 9.97. The van der Waals surface area contributed by atoms with Gasteiger partial charge in [-0.2, -0.15) is 0 Å². The number of hydrogen-bond donors (Lipinski definition) is 1. The van der Waals surface area contributed by atoms with Crippen molar-refractivity contribution in [3.8, 4) is 0 Å². The molecule has 0 aromatic carbocycles. The van der Waals surface area contributed by atoms with Crippen LogP contribution in [0.2, 0.25) is 0 Å². The Morgan fingerprint density at radius 1 is 1.17 bits per heavy atom. The highest BCUT2D eigenvalue weighted by atomic mass is 16.5. The van der Waals surface area contributed by atoms with Gasteiger partial charge in [-0.1, -0.05) is 19.3 Å². The van der Waals surface area contributed by atoms with Gasteiger partial charge < -0.3 is 10.1 Å². The second kappa shape index (κ2) is 7.46. The summed E-state index contributed by atoms with van der Waals surface area (Å²) < 4.78 is 6.03. The number of hydrogen-bond acceptors (Lipinski definition) is 3. The van der Waals surface area contributed by atoms with Gasteiger partial charge in [-0.3, -0.25) is 4.90 Å². The summed E-state index contributed by atoms with van der Waals surface area (Å²) in [5, 5.41) is 3.40. The monoisotopic (exact) mass is 254 g/mol. The molecule has 1 aliphatic carbocycles. The molecular formula is C15H30N2O. The van der Waals surface area contributed by atoms with Crippen LogP contribution in [0.15, 0.2) is 0 Å². The van der Waals surface area contributed by atoms with Crippen LogP contribution >= 0.6 is 0 Å². The van der Waals surface area contributed by atoms with Gasteiger partial charge in [0.05, 0.1) is 12.7 Å². The van der Waals surface area contributed by atoms with Gasteiger partial charge in [0.2, 0.25) is 0 Å². The third-order valence-corrected chi connectivity index (χ3v) is 4.71. The van der Waals surface area contributed by atoms with Gasteiger partial charge in [0, 0.05) is 18.6 Å². The third-order valence-electron chi connectivity index (χ3n) is 4.71. The van der Waals surface area contributed by atoms with Crippen LogP contribution in [0.25, 0.3) is 0 Å². The molecular weight excluding hydrogens is 224 g/mol. The number of rotatable bonds is 5. The lowest BCUT2D eigenvalue weighted by molar-refractivity contribution is 0.00534. The van der Waals surface area contributed by atoms with Crippen LogP contribution in [-0.4, -0.2) is 49.8 Å². The molecule has 1 saturated heterocycles. The quantitative estimate of drug-likeness (QED) is 0.815. The fourth-order valence-corrected chi connectivity index (χ4v) is 3.38. The van der Waals surface area contributed by atoms with E-state index in [1.54, 1.807) is 0 Å². The van der Waals surface area contributed by atoms with E-state index in [1.807, 2.05) is 0 Å². The smallest absolute Gasteiger partial charge is 0.0597 e. The minimum Gasteiger partial charge on any atom is -0.377 e. The highest BCUT2D eigenvalue weighted by Crippen LogP contribution is 2.21. The molecule has 0 radical (unpaired) electrons. The maximum absolute atomic E-state index is 6.03. The summed E-state index contributed by atoms with van der Waals surface area (Å²) in [5.74, 6) is 0. The summed E-state index contributed by atoms with van der Waals surface area (Å²) in [6.45, 7) is 5.62. The summed E-state index contributed by atoms with van der Waals surface area (Å²) in [4.78, 5) is 2.59. The van der Waals surface area contributed by atoms with Crippen molar-refractivity contribution in [2.24, 2.45) is 0 Å². The zero-order chi connectivity index (χ0) is 12.8. The first-order valence-electron chi connectivity index (χ1n) is 7.82. The van der Waals surface area contributed by atoms with Crippen molar-refractivity contribution in [1.29, 1.82) is 0 Å². The third kappa shape index (κ3) is 4.22. The van der Waals surface area contributed by atoms with Gasteiger partial charge in [-0.15, -0.1) is 0 Å². The van der Waals surface area contributed by atoms with E-state index in [0.717, 1.165) is 19.2 Å². The van der Waals surface area contributed by atoms with E-state index >= 15 is 0 Å². The van der Waals surface area contributed by atoms with Crippen LogP contribution in [0.1, 0.15) is 51.9 Å². The normalized spacial score (nSPS) is 31.7. The summed E-state index contributed by atoms with van der Waals surface area (Å²) in [5.41, 5.74) is 0. The van der Waals surface area contributed by atoms with Crippen molar-refractivity contribution < 1.29 is 4.74 Å². The molecule has 2 atom stereocenters. The van der Waals surface area contributed by atoms with Gasteiger partial charge in [0.15, 0.2) is 0 Å². The molecule has 0 amide bonds. The molecule has 0 spiro atoms. The second-order valence-corrected chi connectivity index (χ2v) is 6.03. The van der Waals surface area contributed by atoms with E-state index in [0.29, 0.717) is 12.1 Å². The number of nitrogens with zero attached hydrogens (tertiary/aromatic N) is 1. The summed E-state index contributed by atoms with van der Waals surface area (Å²) in [7, 11) is 2.08. The van der Waals surface area contributed by atoms with Crippen molar-refractivity contribution in [1.82, 2.24) is 10.2 Å². The Hall–Kier alpha value is -0.120. The largest absolute Gasteiger partial charge is 0.377 e. The van der Waals surface area contributed by atoms with E-state index in [-0.39, 0.29) is 0 Å². The van der Waals surface area contributed by atoms with Gasteiger partial charge >= 0.3 is 0 Å². The molecule has 3 nitrogen and oxygen atoms in total. The van der Waals surface area contributed by atoms with Crippen molar-refractivity contribution in [2.75, 3.05) is 26.7 Å². The highest BCUT2D eigenvalue weighted by molar-refractivity contribution is 4.82. The molecule has 106 valence electrons. The van der Waals surface area contributed by atoms with Crippen LogP contribution in [0, 0.1) is 0 Å². The summed E-state index contributed by atoms with van der Waals surface area (Å²) in [6, 6.07) is 1.42. The highest BCUT2D eigenvalue weighted by Gasteiger charge is 2.24. The fourth-order valence-electron chi connectivity index (χ4n) is 3.38. The first-order valence-corrected chi connectivity index (χ1v) is 7.82. The molecule has 0 aromatic rings. The minimum absolute atomic E-state index is 0.559. The first kappa shape index (κ1) is 14.3. The zero-order valence-corrected chi connectivity index (χ0v) is 12.2. The Labute approximate surface area is 112 Å². The molecule has 1 saturated carbocycles. The Morgan fingerprint density at radius 3 is 2.61 bits per heavy atom. The number of ether oxygens (including phenoxy) is 1. The van der Waals surface area contributed by atoms with E-state index in [9.17, 15) is 0 Å². The summed E-state index contributed by atoms with van der Waals surface area (Å²) >= 11 is 0. The van der Waals surface area contributed by atoms with Gasteiger partial charge in [0.25, 0.3) is 0 Å². The Bertz CT molecular complexity index is 229. The number of likely N-dealkylation sites (tertiary alicyclic amines) is 1. The predicted molar refractivity (Wildman–Crippen MR) is 75.9 cm³/mol. The average molecular weight is 254 g/mol. The zero-order valence-electron chi connectivity index (χ0n) is 12.2. The Balaban J connectivity index is 1.61. The standard InChI is InChI=1S/C15H30N2O/c1-13-12-14(16-2)8-9-17(13)10-11-18-15-6-4-3-5-7-15/h13-16H,3-12H2,1-2H3. The van der Waals surface area contributed by atoms with E-state index < -0.39 is 0 Å². The molecule has 0 bridgehead atoms. The van der Waals surface area contributed by atoms with E-state index in [2.05, 4.69) is 24.2 Å². The van der Waals surface area contributed by atoms with Crippen molar-refractivity contribution >= 4 is 0 Å². The van der Waals surface area contributed by atoms with E-state index in [4.69, 9.17) is 4.74 Å². The Kier molecular flexibility index (Phi) is 5.93. The molecule has 2 aliphatic rings. The van der Waals surface area contributed by atoms with Crippen LogP contribution in [0.3, 0.4) is 0 Å².